The number of aliphatic hydroxyl groups excluding tert-OH is 1. The minimum Gasteiger partial charge on any atom is -0.399 e. The number of nitrogens with one attached hydrogen (secondary N) is 1. The summed E-state index contributed by atoms with van der Waals surface area (Å²) in [5.74, 6) is -0.317. The van der Waals surface area contributed by atoms with Crippen LogP contribution in [0.25, 0.3) is 0 Å². The number of hydrogen-bond acceptors (Lipinski definition) is 4. The summed E-state index contributed by atoms with van der Waals surface area (Å²) < 4.78 is 0. The molecule has 5 heteroatoms. The van der Waals surface area contributed by atoms with Crippen LogP contribution in [0.4, 0.5) is 11.4 Å². The maximum absolute atomic E-state index is 12.2. The summed E-state index contributed by atoms with van der Waals surface area (Å²) in [4.78, 5) is 12.2. The van der Waals surface area contributed by atoms with E-state index in [1.54, 1.807) is 18.2 Å². The van der Waals surface area contributed by atoms with Crippen molar-refractivity contribution in [3.8, 4) is 0 Å². The number of amides is 1. The summed E-state index contributed by atoms with van der Waals surface area (Å²) in [6, 6.07) is 14.0. The summed E-state index contributed by atoms with van der Waals surface area (Å²) in [6.45, 7) is -0.143. The summed E-state index contributed by atoms with van der Waals surface area (Å²) in [6.07, 6.45) is 0.554. The molecule has 2 aromatic carbocycles. The molecule has 0 spiro atoms. The maximum Gasteiger partial charge on any atom is 0.253 e. The molecule has 0 aliphatic rings. The molecule has 0 saturated carbocycles. The quantitative estimate of drug-likeness (QED) is 0.620. The third-order valence-electron chi connectivity index (χ3n) is 3.20. The second-order valence-electron chi connectivity index (χ2n) is 4.89. The number of carbonyl (C=O) groups is 1. The van der Waals surface area contributed by atoms with E-state index >= 15 is 0 Å². The van der Waals surface area contributed by atoms with Crippen molar-refractivity contribution in [3.63, 3.8) is 0 Å². The second-order valence-corrected chi connectivity index (χ2v) is 4.89. The lowest BCUT2D eigenvalue weighted by molar-refractivity contribution is 0.0917. The first kappa shape index (κ1) is 14.9. The molecule has 5 nitrogen and oxygen atoms in total. The molecule has 0 aliphatic heterocycles. The number of carbonyl (C=O) groups excluding carboxylic acids is 1. The van der Waals surface area contributed by atoms with Gasteiger partial charge in [0, 0.05) is 11.4 Å². The van der Waals surface area contributed by atoms with Gasteiger partial charge < -0.3 is 21.9 Å². The number of anilines is 2. The highest BCUT2D eigenvalue weighted by Crippen LogP contribution is 2.16. The molecule has 0 aromatic heterocycles. The van der Waals surface area contributed by atoms with Crippen molar-refractivity contribution < 1.29 is 9.90 Å². The van der Waals surface area contributed by atoms with Gasteiger partial charge in [0.15, 0.2) is 0 Å². The lowest BCUT2D eigenvalue weighted by Crippen LogP contribution is -2.39. The highest BCUT2D eigenvalue weighted by molar-refractivity contribution is 5.99. The Labute approximate surface area is 123 Å². The van der Waals surface area contributed by atoms with Crippen LogP contribution in [0.5, 0.6) is 0 Å². The Hall–Kier alpha value is -2.53. The van der Waals surface area contributed by atoms with E-state index in [4.69, 9.17) is 11.5 Å². The lowest BCUT2D eigenvalue weighted by Gasteiger charge is -2.17. The smallest absolute Gasteiger partial charge is 0.253 e. The van der Waals surface area contributed by atoms with Gasteiger partial charge in [0.1, 0.15) is 0 Å². The predicted molar refractivity (Wildman–Crippen MR) is 83.8 cm³/mol. The van der Waals surface area contributed by atoms with Crippen molar-refractivity contribution in [2.45, 2.75) is 12.5 Å². The summed E-state index contributed by atoms with van der Waals surface area (Å²) in [5, 5.41) is 12.2. The van der Waals surface area contributed by atoms with Crippen LogP contribution in [0.15, 0.2) is 48.5 Å². The van der Waals surface area contributed by atoms with Gasteiger partial charge in [0.25, 0.3) is 5.91 Å². The number of benzene rings is 2. The van der Waals surface area contributed by atoms with E-state index in [0.29, 0.717) is 23.4 Å². The number of rotatable bonds is 5. The Bertz CT molecular complexity index is 614. The van der Waals surface area contributed by atoms with E-state index in [0.717, 1.165) is 5.56 Å². The molecule has 0 radical (unpaired) electrons. The molecule has 0 fully saturated rings. The van der Waals surface area contributed by atoms with Crippen molar-refractivity contribution in [2.24, 2.45) is 0 Å². The van der Waals surface area contributed by atoms with Gasteiger partial charge in [-0.2, -0.15) is 0 Å². The zero-order valence-electron chi connectivity index (χ0n) is 11.6. The topological polar surface area (TPSA) is 101 Å². The Kier molecular flexibility index (Phi) is 4.79. The largest absolute Gasteiger partial charge is 0.399 e. The van der Waals surface area contributed by atoms with Gasteiger partial charge >= 0.3 is 0 Å². The summed E-state index contributed by atoms with van der Waals surface area (Å²) in [5.41, 5.74) is 13.6. The lowest BCUT2D eigenvalue weighted by atomic mass is 10.1. The van der Waals surface area contributed by atoms with E-state index < -0.39 is 0 Å². The predicted octanol–water partition coefficient (Wildman–Crippen LogP) is 1.18. The van der Waals surface area contributed by atoms with Crippen LogP contribution in [0.3, 0.4) is 0 Å². The molecule has 0 saturated heterocycles. The fraction of sp³-hybridized carbons (Fsp3) is 0.188. The zero-order valence-corrected chi connectivity index (χ0v) is 11.6. The minimum atomic E-state index is -0.364. The van der Waals surface area contributed by atoms with E-state index in [9.17, 15) is 9.90 Å². The first-order valence-electron chi connectivity index (χ1n) is 6.71. The highest BCUT2D eigenvalue weighted by atomic mass is 16.3. The molecule has 0 aliphatic carbocycles. The fourth-order valence-electron chi connectivity index (χ4n) is 2.11. The average Bonchev–Trinajstić information content (AvgIpc) is 2.47. The number of hydrogen-bond donors (Lipinski definition) is 4. The van der Waals surface area contributed by atoms with Crippen molar-refractivity contribution in [3.05, 3.63) is 59.7 Å². The van der Waals surface area contributed by atoms with Crippen LogP contribution in [0, 0.1) is 0 Å². The normalized spacial score (nSPS) is 11.9. The first-order valence-corrected chi connectivity index (χ1v) is 6.71. The molecule has 6 N–H and O–H groups in total. The van der Waals surface area contributed by atoms with Crippen molar-refractivity contribution in [2.75, 3.05) is 18.1 Å². The average molecular weight is 285 g/mol. The van der Waals surface area contributed by atoms with E-state index in [2.05, 4.69) is 5.32 Å². The molecule has 2 rings (SSSR count). The van der Waals surface area contributed by atoms with Crippen molar-refractivity contribution in [1.82, 2.24) is 5.32 Å². The molecule has 110 valence electrons. The van der Waals surface area contributed by atoms with E-state index in [-0.39, 0.29) is 18.6 Å². The second kappa shape index (κ2) is 6.76. The zero-order chi connectivity index (χ0) is 15.2. The Morgan fingerprint density at radius 1 is 1.14 bits per heavy atom. The monoisotopic (exact) mass is 285 g/mol. The molecule has 1 amide bonds. The molecule has 1 atom stereocenters. The third-order valence-corrected chi connectivity index (χ3v) is 3.20. The SMILES string of the molecule is Nc1ccc(C(=O)N[C@@H](CO)Cc2ccccc2)c(N)c1. The molecular formula is C16H19N3O2. The highest BCUT2D eigenvalue weighted by Gasteiger charge is 2.15. The number of nitrogens with two attached hydrogens (primary N) is 2. The van der Waals surface area contributed by atoms with E-state index in [1.165, 1.54) is 0 Å². The number of nitrogen functional groups attached to an aromatic ring is 2. The Morgan fingerprint density at radius 2 is 1.86 bits per heavy atom. The van der Waals surface area contributed by atoms with Gasteiger partial charge in [-0.3, -0.25) is 4.79 Å². The fourth-order valence-corrected chi connectivity index (χ4v) is 2.11. The molecule has 0 heterocycles. The van der Waals surface area contributed by atoms with E-state index in [1.807, 2.05) is 30.3 Å². The van der Waals surface area contributed by atoms with Crippen LogP contribution in [0.1, 0.15) is 15.9 Å². The van der Waals surface area contributed by atoms with Gasteiger partial charge in [-0.1, -0.05) is 30.3 Å². The molecular weight excluding hydrogens is 266 g/mol. The maximum atomic E-state index is 12.2. The molecule has 0 unspecified atom stereocenters. The van der Waals surface area contributed by atoms with Gasteiger partial charge in [0.05, 0.1) is 18.2 Å². The van der Waals surface area contributed by atoms with Crippen LogP contribution in [-0.2, 0) is 6.42 Å². The van der Waals surface area contributed by atoms with Gasteiger partial charge in [0.2, 0.25) is 0 Å². The van der Waals surface area contributed by atoms with Gasteiger partial charge in [-0.15, -0.1) is 0 Å². The van der Waals surface area contributed by atoms with Gasteiger partial charge in [-0.05, 0) is 30.2 Å². The van der Waals surface area contributed by atoms with Crippen LogP contribution >= 0.6 is 0 Å². The van der Waals surface area contributed by atoms with Gasteiger partial charge in [-0.25, -0.2) is 0 Å². The number of aliphatic hydroxyl groups is 1. The van der Waals surface area contributed by atoms with Crippen LogP contribution < -0.4 is 16.8 Å². The summed E-state index contributed by atoms with van der Waals surface area (Å²) >= 11 is 0. The first-order chi connectivity index (χ1) is 10.1. The van der Waals surface area contributed by atoms with Crippen molar-refractivity contribution >= 4 is 17.3 Å². The third kappa shape index (κ3) is 3.97. The minimum absolute atomic E-state index is 0.143. The Balaban J connectivity index is 2.06. The van der Waals surface area contributed by atoms with Crippen LogP contribution in [-0.4, -0.2) is 23.7 Å². The van der Waals surface area contributed by atoms with Crippen molar-refractivity contribution in [1.29, 1.82) is 0 Å². The van der Waals surface area contributed by atoms with Crippen LogP contribution in [0.2, 0.25) is 0 Å². The molecule has 2 aromatic rings. The Morgan fingerprint density at radius 3 is 2.48 bits per heavy atom. The standard InChI is InChI=1S/C16H19N3O2/c17-12-6-7-14(15(18)9-12)16(21)19-13(10-20)8-11-4-2-1-3-5-11/h1-7,9,13,20H,8,10,17-18H2,(H,19,21)/t13-/m1/s1. The molecule has 21 heavy (non-hydrogen) atoms. The summed E-state index contributed by atoms with van der Waals surface area (Å²) in [7, 11) is 0. The molecule has 0 bridgehead atoms.